The van der Waals surface area contributed by atoms with E-state index < -0.39 is 15.8 Å². The van der Waals surface area contributed by atoms with E-state index in [1.807, 2.05) is 0 Å². The molecular formula is C13H13ClFN3O2S. The largest absolute Gasteiger partial charge is 0.397 e. The van der Waals surface area contributed by atoms with E-state index in [9.17, 15) is 12.8 Å². The second kappa shape index (κ2) is 5.88. The maximum atomic E-state index is 13.0. The smallest absolute Gasteiger partial charge is 0.238 e. The number of sulfonamides is 1. The van der Waals surface area contributed by atoms with E-state index in [1.54, 1.807) is 6.07 Å². The number of anilines is 2. The van der Waals surface area contributed by atoms with E-state index in [-0.39, 0.29) is 15.6 Å². The first-order chi connectivity index (χ1) is 9.77. The molecule has 0 spiro atoms. The standard InChI is InChI=1S/C13H13ClFN3O2S/c14-10-5-8(1-3-11(10)15)7-18-13-4-2-9(6-12(13)16)21(17,19)20/h1-6,18H,7,16H2,(H2,17,19,20). The van der Waals surface area contributed by atoms with Crippen molar-refractivity contribution >= 4 is 33.0 Å². The molecule has 2 aromatic rings. The second-order valence-corrected chi connectivity index (χ2v) is 6.36. The number of rotatable bonds is 4. The highest BCUT2D eigenvalue weighted by Gasteiger charge is 2.10. The molecular weight excluding hydrogens is 317 g/mol. The van der Waals surface area contributed by atoms with Crippen molar-refractivity contribution in [2.45, 2.75) is 11.4 Å². The summed E-state index contributed by atoms with van der Waals surface area (Å²) in [5, 5.41) is 8.06. The Hall–Kier alpha value is -1.83. The van der Waals surface area contributed by atoms with Crippen molar-refractivity contribution in [1.82, 2.24) is 0 Å². The van der Waals surface area contributed by atoms with Crippen molar-refractivity contribution in [3.63, 3.8) is 0 Å². The monoisotopic (exact) mass is 329 g/mol. The van der Waals surface area contributed by atoms with Gasteiger partial charge in [0.25, 0.3) is 0 Å². The predicted molar refractivity (Wildman–Crippen MR) is 81.0 cm³/mol. The van der Waals surface area contributed by atoms with Crippen molar-refractivity contribution in [2.75, 3.05) is 11.1 Å². The van der Waals surface area contributed by atoms with E-state index in [4.69, 9.17) is 22.5 Å². The van der Waals surface area contributed by atoms with Gasteiger partial charge in [-0.3, -0.25) is 0 Å². The molecule has 2 rings (SSSR count). The van der Waals surface area contributed by atoms with Gasteiger partial charge in [0.15, 0.2) is 0 Å². The van der Waals surface area contributed by atoms with Gasteiger partial charge in [-0.1, -0.05) is 17.7 Å². The number of benzene rings is 2. The molecule has 2 aromatic carbocycles. The first-order valence-corrected chi connectivity index (χ1v) is 7.80. The highest BCUT2D eigenvalue weighted by atomic mass is 35.5. The summed E-state index contributed by atoms with van der Waals surface area (Å²) in [6.07, 6.45) is 0. The third-order valence-electron chi connectivity index (χ3n) is 2.82. The molecule has 5 nitrogen and oxygen atoms in total. The molecule has 0 unspecified atom stereocenters. The van der Waals surface area contributed by atoms with Crippen LogP contribution < -0.4 is 16.2 Å². The van der Waals surface area contributed by atoms with Crippen LogP contribution in [0.25, 0.3) is 0 Å². The molecule has 5 N–H and O–H groups in total. The fraction of sp³-hybridized carbons (Fsp3) is 0.0769. The first kappa shape index (κ1) is 15.6. The number of hydrogen-bond donors (Lipinski definition) is 3. The minimum atomic E-state index is -3.79. The lowest BCUT2D eigenvalue weighted by atomic mass is 10.2. The van der Waals surface area contributed by atoms with Crippen LogP contribution in [0.3, 0.4) is 0 Å². The van der Waals surface area contributed by atoms with E-state index in [0.717, 1.165) is 5.56 Å². The summed E-state index contributed by atoms with van der Waals surface area (Å²) in [4.78, 5) is -0.0598. The van der Waals surface area contributed by atoms with Gasteiger partial charge in [0.05, 0.1) is 21.3 Å². The summed E-state index contributed by atoms with van der Waals surface area (Å²) in [6, 6.07) is 8.50. The lowest BCUT2D eigenvalue weighted by Crippen LogP contribution is -2.13. The fourth-order valence-electron chi connectivity index (χ4n) is 1.73. The Morgan fingerprint density at radius 3 is 2.48 bits per heavy atom. The highest BCUT2D eigenvalue weighted by Crippen LogP contribution is 2.23. The van der Waals surface area contributed by atoms with E-state index in [1.165, 1.54) is 30.3 Å². The second-order valence-electron chi connectivity index (χ2n) is 4.40. The van der Waals surface area contributed by atoms with E-state index in [0.29, 0.717) is 12.2 Å². The van der Waals surface area contributed by atoms with Crippen molar-refractivity contribution in [3.8, 4) is 0 Å². The number of hydrogen-bond acceptors (Lipinski definition) is 4. The van der Waals surface area contributed by atoms with Crippen LogP contribution in [0.1, 0.15) is 5.56 Å². The molecule has 0 aliphatic heterocycles. The van der Waals surface area contributed by atoms with Gasteiger partial charge in [-0.25, -0.2) is 17.9 Å². The van der Waals surface area contributed by atoms with Gasteiger partial charge in [0.2, 0.25) is 10.0 Å². The summed E-state index contributed by atoms with van der Waals surface area (Å²) < 4.78 is 35.4. The Labute approximate surface area is 126 Å². The fourth-order valence-corrected chi connectivity index (χ4v) is 2.48. The van der Waals surface area contributed by atoms with Crippen LogP contribution in [0.5, 0.6) is 0 Å². The molecule has 0 heterocycles. The van der Waals surface area contributed by atoms with Gasteiger partial charge in [0, 0.05) is 6.54 Å². The maximum absolute atomic E-state index is 13.0. The summed E-state index contributed by atoms with van der Waals surface area (Å²) in [5.41, 5.74) is 7.32. The van der Waals surface area contributed by atoms with E-state index in [2.05, 4.69) is 5.32 Å². The molecule has 0 amide bonds. The van der Waals surface area contributed by atoms with Crippen LogP contribution in [-0.2, 0) is 16.6 Å². The highest BCUT2D eigenvalue weighted by molar-refractivity contribution is 7.89. The number of nitrogen functional groups attached to an aromatic ring is 1. The van der Waals surface area contributed by atoms with Gasteiger partial charge in [-0.2, -0.15) is 0 Å². The molecule has 0 saturated heterocycles. The Kier molecular flexibility index (Phi) is 4.36. The number of nitrogens with two attached hydrogens (primary N) is 2. The molecule has 0 aliphatic rings. The molecule has 0 atom stereocenters. The van der Waals surface area contributed by atoms with Crippen LogP contribution in [0.15, 0.2) is 41.3 Å². The van der Waals surface area contributed by atoms with Crippen LogP contribution in [0.4, 0.5) is 15.8 Å². The van der Waals surface area contributed by atoms with Crippen LogP contribution in [-0.4, -0.2) is 8.42 Å². The normalized spacial score (nSPS) is 11.4. The predicted octanol–water partition coefficient (Wildman–Crippen LogP) is 2.32. The summed E-state index contributed by atoms with van der Waals surface area (Å²) in [7, 11) is -3.79. The Balaban J connectivity index is 2.15. The maximum Gasteiger partial charge on any atom is 0.238 e. The average Bonchev–Trinajstić information content (AvgIpc) is 2.40. The van der Waals surface area contributed by atoms with Crippen LogP contribution in [0, 0.1) is 5.82 Å². The molecule has 0 aromatic heterocycles. The van der Waals surface area contributed by atoms with Crippen molar-refractivity contribution < 1.29 is 12.8 Å². The van der Waals surface area contributed by atoms with Crippen molar-refractivity contribution in [1.29, 1.82) is 0 Å². The zero-order chi connectivity index (χ0) is 15.6. The Bertz CT molecular complexity index is 781. The molecule has 0 aliphatic carbocycles. The van der Waals surface area contributed by atoms with Gasteiger partial charge in [-0.15, -0.1) is 0 Å². The van der Waals surface area contributed by atoms with E-state index >= 15 is 0 Å². The zero-order valence-electron chi connectivity index (χ0n) is 10.8. The van der Waals surface area contributed by atoms with Gasteiger partial charge < -0.3 is 11.1 Å². The number of primary sulfonamides is 1. The van der Waals surface area contributed by atoms with Gasteiger partial charge in [0.1, 0.15) is 5.82 Å². The first-order valence-electron chi connectivity index (χ1n) is 5.87. The molecule has 0 saturated carbocycles. The van der Waals surface area contributed by atoms with Crippen LogP contribution >= 0.6 is 11.6 Å². The SMILES string of the molecule is Nc1cc(S(N)(=O)=O)ccc1NCc1ccc(F)c(Cl)c1. The third-order valence-corrected chi connectivity index (χ3v) is 4.02. The number of halogens is 2. The zero-order valence-corrected chi connectivity index (χ0v) is 12.4. The van der Waals surface area contributed by atoms with Crippen molar-refractivity contribution in [2.24, 2.45) is 5.14 Å². The number of nitrogens with one attached hydrogen (secondary N) is 1. The lowest BCUT2D eigenvalue weighted by molar-refractivity contribution is 0.598. The summed E-state index contributed by atoms with van der Waals surface area (Å²) in [5.74, 6) is -0.488. The minimum Gasteiger partial charge on any atom is -0.397 e. The average molecular weight is 330 g/mol. The molecule has 0 radical (unpaired) electrons. The van der Waals surface area contributed by atoms with Gasteiger partial charge >= 0.3 is 0 Å². The lowest BCUT2D eigenvalue weighted by Gasteiger charge is -2.11. The molecule has 21 heavy (non-hydrogen) atoms. The molecule has 112 valence electrons. The van der Waals surface area contributed by atoms with Crippen LogP contribution in [0.2, 0.25) is 5.02 Å². The molecule has 0 fully saturated rings. The quantitative estimate of drug-likeness (QED) is 0.750. The topological polar surface area (TPSA) is 98.2 Å². The Morgan fingerprint density at radius 2 is 1.90 bits per heavy atom. The Morgan fingerprint density at radius 1 is 1.19 bits per heavy atom. The minimum absolute atomic E-state index is 0.0341. The molecule has 0 bridgehead atoms. The summed E-state index contributed by atoms with van der Waals surface area (Å²) in [6.45, 7) is 0.360. The third kappa shape index (κ3) is 3.84. The molecule has 8 heteroatoms. The van der Waals surface area contributed by atoms with Crippen molar-refractivity contribution in [3.05, 3.63) is 52.8 Å². The van der Waals surface area contributed by atoms with Gasteiger partial charge in [-0.05, 0) is 35.9 Å². The summed E-state index contributed by atoms with van der Waals surface area (Å²) >= 11 is 5.69.